The van der Waals surface area contributed by atoms with Gasteiger partial charge in [0.25, 0.3) is 0 Å². The van der Waals surface area contributed by atoms with E-state index in [-0.39, 0.29) is 6.04 Å². The second kappa shape index (κ2) is 9.55. The fourth-order valence-electron chi connectivity index (χ4n) is 2.22. The van der Waals surface area contributed by atoms with Crippen LogP contribution in [0.3, 0.4) is 0 Å². The molecule has 1 rings (SSSR count). The van der Waals surface area contributed by atoms with Crippen molar-refractivity contribution in [2.45, 2.75) is 59.4 Å². The summed E-state index contributed by atoms with van der Waals surface area (Å²) in [5, 5.41) is 6.92. The molecule has 0 aliphatic rings. The summed E-state index contributed by atoms with van der Waals surface area (Å²) < 4.78 is 5.30. The molecule has 5 nitrogen and oxygen atoms in total. The van der Waals surface area contributed by atoms with E-state index in [2.05, 4.69) is 48.3 Å². The summed E-state index contributed by atoms with van der Waals surface area (Å²) >= 11 is 0. The van der Waals surface area contributed by atoms with E-state index in [1.54, 1.807) is 7.11 Å². The molecule has 5 heteroatoms. The van der Waals surface area contributed by atoms with Crippen molar-refractivity contribution >= 4 is 11.6 Å². The maximum Gasteiger partial charge on any atom is 0.135 e. The molecule has 0 fully saturated rings. The normalized spacial score (nSPS) is 12.2. The SMILES string of the molecule is CCCNc1nc(CC)nc(NC(CCC)COC)c1C. The smallest absolute Gasteiger partial charge is 0.135 e. The van der Waals surface area contributed by atoms with E-state index in [0.29, 0.717) is 6.61 Å². The molecule has 0 amide bonds. The molecule has 120 valence electrons. The molecule has 0 aliphatic carbocycles. The molecule has 0 spiro atoms. The summed E-state index contributed by atoms with van der Waals surface area (Å²) in [6.07, 6.45) is 4.09. The van der Waals surface area contributed by atoms with Crippen LogP contribution in [0.15, 0.2) is 0 Å². The number of nitrogens with one attached hydrogen (secondary N) is 2. The zero-order chi connectivity index (χ0) is 15.7. The van der Waals surface area contributed by atoms with E-state index in [4.69, 9.17) is 4.74 Å². The molecule has 1 atom stereocenters. The fourth-order valence-corrected chi connectivity index (χ4v) is 2.22. The third-order valence-electron chi connectivity index (χ3n) is 3.40. The van der Waals surface area contributed by atoms with Gasteiger partial charge in [-0.25, -0.2) is 9.97 Å². The van der Waals surface area contributed by atoms with Gasteiger partial charge in [-0.05, 0) is 19.8 Å². The molecule has 1 heterocycles. The average Bonchev–Trinajstić information content (AvgIpc) is 2.48. The van der Waals surface area contributed by atoms with Gasteiger partial charge < -0.3 is 15.4 Å². The predicted molar refractivity (Wildman–Crippen MR) is 89.1 cm³/mol. The Labute approximate surface area is 128 Å². The number of hydrogen-bond acceptors (Lipinski definition) is 5. The van der Waals surface area contributed by atoms with Crippen molar-refractivity contribution in [1.29, 1.82) is 0 Å². The van der Waals surface area contributed by atoms with E-state index in [0.717, 1.165) is 55.3 Å². The maximum atomic E-state index is 5.30. The number of methoxy groups -OCH3 is 1. The first-order chi connectivity index (χ1) is 10.2. The lowest BCUT2D eigenvalue weighted by atomic mass is 10.1. The molecule has 0 saturated carbocycles. The molecule has 0 saturated heterocycles. The van der Waals surface area contributed by atoms with E-state index in [1.807, 2.05) is 0 Å². The van der Waals surface area contributed by atoms with Gasteiger partial charge in [-0.15, -0.1) is 0 Å². The summed E-state index contributed by atoms with van der Waals surface area (Å²) in [6, 6.07) is 0.289. The summed E-state index contributed by atoms with van der Waals surface area (Å²) in [5.41, 5.74) is 1.08. The molecule has 0 aromatic carbocycles. The van der Waals surface area contributed by atoms with Crippen LogP contribution < -0.4 is 10.6 Å². The first-order valence-corrected chi connectivity index (χ1v) is 8.02. The van der Waals surface area contributed by atoms with Gasteiger partial charge in [0.05, 0.1) is 12.6 Å². The number of nitrogens with zero attached hydrogens (tertiary/aromatic N) is 2. The van der Waals surface area contributed by atoms with Gasteiger partial charge in [0, 0.05) is 25.6 Å². The van der Waals surface area contributed by atoms with Gasteiger partial charge in [0.1, 0.15) is 17.5 Å². The Morgan fingerprint density at radius 1 is 1.10 bits per heavy atom. The Morgan fingerprint density at radius 2 is 1.81 bits per heavy atom. The Hall–Kier alpha value is -1.36. The van der Waals surface area contributed by atoms with Crippen LogP contribution in [0.25, 0.3) is 0 Å². The molecule has 1 aromatic heterocycles. The van der Waals surface area contributed by atoms with Crippen molar-refractivity contribution in [2.75, 3.05) is 30.9 Å². The van der Waals surface area contributed by atoms with Crippen LogP contribution in [0, 0.1) is 6.92 Å². The first-order valence-electron chi connectivity index (χ1n) is 8.02. The summed E-state index contributed by atoms with van der Waals surface area (Å²) in [7, 11) is 1.74. The van der Waals surface area contributed by atoms with Crippen LogP contribution in [0.4, 0.5) is 11.6 Å². The Bertz CT molecular complexity index is 417. The van der Waals surface area contributed by atoms with Crippen molar-refractivity contribution in [1.82, 2.24) is 9.97 Å². The van der Waals surface area contributed by atoms with Crippen LogP contribution in [0.5, 0.6) is 0 Å². The third kappa shape index (κ3) is 5.50. The highest BCUT2D eigenvalue weighted by molar-refractivity contribution is 5.57. The number of aryl methyl sites for hydroxylation is 1. The second-order valence-electron chi connectivity index (χ2n) is 5.33. The standard InChI is InChI=1S/C16H30N4O/c1-6-9-13(11-21-5)18-16-12(4)15(17-10-7-2)19-14(8-3)20-16/h13H,6-11H2,1-5H3,(H2,17,18,19,20). The van der Waals surface area contributed by atoms with Crippen LogP contribution in [0.1, 0.15) is 51.4 Å². The molecule has 0 aliphatic heterocycles. The molecule has 1 aromatic rings. The highest BCUT2D eigenvalue weighted by atomic mass is 16.5. The van der Waals surface area contributed by atoms with Gasteiger partial charge in [0.15, 0.2) is 0 Å². The lowest BCUT2D eigenvalue weighted by Crippen LogP contribution is -2.26. The predicted octanol–water partition coefficient (Wildman–Crippen LogP) is 3.40. The minimum atomic E-state index is 0.289. The molecule has 0 bridgehead atoms. The first kappa shape index (κ1) is 17.7. The molecular formula is C16H30N4O. The van der Waals surface area contributed by atoms with Gasteiger partial charge in [-0.3, -0.25) is 0 Å². The average molecular weight is 294 g/mol. The number of hydrogen-bond donors (Lipinski definition) is 2. The quantitative estimate of drug-likeness (QED) is 0.692. The zero-order valence-electron chi connectivity index (χ0n) is 14.1. The molecule has 0 radical (unpaired) electrons. The minimum Gasteiger partial charge on any atom is -0.383 e. The molecule has 21 heavy (non-hydrogen) atoms. The second-order valence-corrected chi connectivity index (χ2v) is 5.33. The van der Waals surface area contributed by atoms with Crippen LogP contribution in [-0.2, 0) is 11.2 Å². The van der Waals surface area contributed by atoms with Crippen LogP contribution in [0.2, 0.25) is 0 Å². The van der Waals surface area contributed by atoms with Gasteiger partial charge >= 0.3 is 0 Å². The van der Waals surface area contributed by atoms with Crippen LogP contribution >= 0.6 is 0 Å². The maximum absolute atomic E-state index is 5.30. The monoisotopic (exact) mass is 294 g/mol. The lowest BCUT2D eigenvalue weighted by Gasteiger charge is -2.21. The summed E-state index contributed by atoms with van der Waals surface area (Å²) in [4.78, 5) is 9.24. The van der Waals surface area contributed by atoms with Gasteiger partial charge in [0.2, 0.25) is 0 Å². The molecular weight excluding hydrogens is 264 g/mol. The number of rotatable bonds is 10. The van der Waals surface area contributed by atoms with E-state index < -0.39 is 0 Å². The molecule has 1 unspecified atom stereocenters. The van der Waals surface area contributed by atoms with E-state index in [1.165, 1.54) is 0 Å². The largest absolute Gasteiger partial charge is 0.383 e. The van der Waals surface area contributed by atoms with Gasteiger partial charge in [-0.1, -0.05) is 27.2 Å². The van der Waals surface area contributed by atoms with Crippen molar-refractivity contribution in [3.05, 3.63) is 11.4 Å². The molecule has 2 N–H and O–H groups in total. The topological polar surface area (TPSA) is 59.1 Å². The highest BCUT2D eigenvalue weighted by Gasteiger charge is 2.14. The van der Waals surface area contributed by atoms with Crippen molar-refractivity contribution < 1.29 is 4.74 Å². The summed E-state index contributed by atoms with van der Waals surface area (Å²) in [6.45, 7) is 10.1. The van der Waals surface area contributed by atoms with Gasteiger partial charge in [-0.2, -0.15) is 0 Å². The van der Waals surface area contributed by atoms with Crippen LogP contribution in [-0.4, -0.2) is 36.3 Å². The summed E-state index contributed by atoms with van der Waals surface area (Å²) in [5.74, 6) is 2.74. The fraction of sp³-hybridized carbons (Fsp3) is 0.750. The Kier molecular flexibility index (Phi) is 8.05. The third-order valence-corrected chi connectivity index (χ3v) is 3.40. The Balaban J connectivity index is 2.97. The number of anilines is 2. The van der Waals surface area contributed by atoms with E-state index in [9.17, 15) is 0 Å². The van der Waals surface area contributed by atoms with Crippen molar-refractivity contribution in [3.8, 4) is 0 Å². The number of aromatic nitrogens is 2. The highest BCUT2D eigenvalue weighted by Crippen LogP contribution is 2.21. The van der Waals surface area contributed by atoms with Crippen molar-refractivity contribution in [2.24, 2.45) is 0 Å². The van der Waals surface area contributed by atoms with E-state index >= 15 is 0 Å². The number of ether oxygens (including phenoxy) is 1. The lowest BCUT2D eigenvalue weighted by molar-refractivity contribution is 0.182. The Morgan fingerprint density at radius 3 is 2.38 bits per heavy atom. The van der Waals surface area contributed by atoms with Crippen molar-refractivity contribution in [3.63, 3.8) is 0 Å². The minimum absolute atomic E-state index is 0.289. The zero-order valence-corrected chi connectivity index (χ0v) is 14.1.